The molecule has 1 fully saturated rings. The van der Waals surface area contributed by atoms with Crippen LogP contribution in [0.15, 0.2) is 6.07 Å². The first-order chi connectivity index (χ1) is 7.70. The molecular formula is C11H15N3O2. The first-order valence-electron chi connectivity index (χ1n) is 5.39. The van der Waals surface area contributed by atoms with Crippen molar-refractivity contribution >= 4 is 5.91 Å². The molecule has 16 heavy (non-hydrogen) atoms. The number of rotatable bonds is 2. The van der Waals surface area contributed by atoms with E-state index < -0.39 is 0 Å². The second kappa shape index (κ2) is 4.47. The van der Waals surface area contributed by atoms with Crippen LogP contribution in [0, 0.1) is 6.92 Å². The summed E-state index contributed by atoms with van der Waals surface area (Å²) in [4.78, 5) is 22.0. The van der Waals surface area contributed by atoms with Gasteiger partial charge in [0, 0.05) is 18.8 Å². The molecule has 2 heterocycles. The Morgan fingerprint density at radius 2 is 2.06 bits per heavy atom. The highest BCUT2D eigenvalue weighted by Crippen LogP contribution is 2.13. The van der Waals surface area contributed by atoms with Crippen LogP contribution < -0.4 is 4.74 Å². The van der Waals surface area contributed by atoms with Gasteiger partial charge in [-0.3, -0.25) is 4.79 Å². The number of carbonyl (C=O) groups excluding carboxylic acids is 1. The van der Waals surface area contributed by atoms with E-state index in [0.717, 1.165) is 31.6 Å². The molecule has 0 saturated carbocycles. The third-order valence-corrected chi connectivity index (χ3v) is 2.63. The van der Waals surface area contributed by atoms with Crippen molar-refractivity contribution in [3.8, 4) is 6.01 Å². The molecule has 0 aliphatic carbocycles. The van der Waals surface area contributed by atoms with Crippen LogP contribution in [-0.2, 0) is 0 Å². The number of hydrogen-bond donors (Lipinski definition) is 0. The number of aromatic nitrogens is 2. The zero-order valence-electron chi connectivity index (χ0n) is 9.56. The van der Waals surface area contributed by atoms with Gasteiger partial charge in [-0.25, -0.2) is 4.98 Å². The molecule has 0 N–H and O–H groups in total. The normalized spacial score (nSPS) is 15.2. The van der Waals surface area contributed by atoms with Crippen LogP contribution in [0.5, 0.6) is 6.01 Å². The molecule has 0 aromatic carbocycles. The van der Waals surface area contributed by atoms with Crippen molar-refractivity contribution in [3.05, 3.63) is 17.5 Å². The molecular weight excluding hydrogens is 206 g/mol. The molecule has 1 aliphatic rings. The molecule has 1 aromatic rings. The molecule has 1 saturated heterocycles. The molecule has 5 heteroatoms. The maximum absolute atomic E-state index is 12.0. The summed E-state index contributed by atoms with van der Waals surface area (Å²) in [5.41, 5.74) is 1.17. The molecule has 1 amide bonds. The summed E-state index contributed by atoms with van der Waals surface area (Å²) in [6, 6.07) is 1.95. The van der Waals surface area contributed by atoms with Crippen LogP contribution in [0.1, 0.15) is 29.0 Å². The smallest absolute Gasteiger partial charge is 0.317 e. The van der Waals surface area contributed by atoms with Gasteiger partial charge in [0.15, 0.2) is 0 Å². The lowest BCUT2D eigenvalue weighted by atomic mass is 10.3. The zero-order valence-corrected chi connectivity index (χ0v) is 9.56. The van der Waals surface area contributed by atoms with Crippen LogP contribution in [0.25, 0.3) is 0 Å². The second-order valence-electron chi connectivity index (χ2n) is 3.88. The van der Waals surface area contributed by atoms with Crippen LogP contribution in [0.3, 0.4) is 0 Å². The molecule has 1 aliphatic heterocycles. The number of likely N-dealkylation sites (tertiary alicyclic amines) is 1. The predicted molar refractivity (Wildman–Crippen MR) is 58.5 cm³/mol. The minimum absolute atomic E-state index is 0.0266. The van der Waals surface area contributed by atoms with E-state index in [9.17, 15) is 4.79 Å². The van der Waals surface area contributed by atoms with Crippen LogP contribution in [0.2, 0.25) is 0 Å². The van der Waals surface area contributed by atoms with Gasteiger partial charge in [0.05, 0.1) is 7.11 Å². The van der Waals surface area contributed by atoms with Crippen molar-refractivity contribution in [1.82, 2.24) is 14.9 Å². The van der Waals surface area contributed by atoms with Gasteiger partial charge in [-0.1, -0.05) is 0 Å². The van der Waals surface area contributed by atoms with Crippen molar-refractivity contribution < 1.29 is 9.53 Å². The minimum atomic E-state index is -0.0266. The van der Waals surface area contributed by atoms with E-state index >= 15 is 0 Å². The quantitative estimate of drug-likeness (QED) is 0.748. The number of aryl methyl sites for hydroxylation is 1. The Balaban J connectivity index is 2.24. The lowest BCUT2D eigenvalue weighted by molar-refractivity contribution is 0.0785. The number of carbonyl (C=O) groups is 1. The highest BCUT2D eigenvalue weighted by atomic mass is 16.5. The summed E-state index contributed by atoms with van der Waals surface area (Å²) in [6.45, 7) is 3.47. The average molecular weight is 221 g/mol. The highest BCUT2D eigenvalue weighted by molar-refractivity contribution is 5.92. The third kappa shape index (κ3) is 2.13. The van der Waals surface area contributed by atoms with Crippen molar-refractivity contribution in [2.75, 3.05) is 20.2 Å². The Labute approximate surface area is 94.5 Å². The van der Waals surface area contributed by atoms with E-state index in [-0.39, 0.29) is 11.9 Å². The van der Waals surface area contributed by atoms with Crippen molar-refractivity contribution in [2.45, 2.75) is 19.8 Å². The lowest BCUT2D eigenvalue weighted by Gasteiger charge is -2.14. The standard InChI is InChI=1S/C11H15N3O2/c1-8-7-9(13-11(12-8)16-2)10(15)14-5-3-4-6-14/h7H,3-6H2,1-2H3. The van der Waals surface area contributed by atoms with Crippen molar-refractivity contribution in [1.29, 1.82) is 0 Å². The fourth-order valence-electron chi connectivity index (χ4n) is 1.82. The summed E-state index contributed by atoms with van der Waals surface area (Å²) in [6.07, 6.45) is 2.15. The van der Waals surface area contributed by atoms with Crippen LogP contribution >= 0.6 is 0 Å². The van der Waals surface area contributed by atoms with E-state index in [0.29, 0.717) is 5.69 Å². The van der Waals surface area contributed by atoms with Crippen molar-refractivity contribution in [2.24, 2.45) is 0 Å². The Morgan fingerprint density at radius 3 is 2.69 bits per heavy atom. The maximum atomic E-state index is 12.0. The molecule has 0 bridgehead atoms. The minimum Gasteiger partial charge on any atom is -0.467 e. The Morgan fingerprint density at radius 1 is 1.38 bits per heavy atom. The molecule has 0 radical (unpaired) electrons. The van der Waals surface area contributed by atoms with Gasteiger partial charge in [0.1, 0.15) is 5.69 Å². The lowest BCUT2D eigenvalue weighted by Crippen LogP contribution is -2.28. The first kappa shape index (κ1) is 10.9. The fraction of sp³-hybridized carbons (Fsp3) is 0.545. The van der Waals surface area contributed by atoms with Crippen LogP contribution in [0.4, 0.5) is 0 Å². The van der Waals surface area contributed by atoms with Gasteiger partial charge in [-0.2, -0.15) is 4.98 Å². The van der Waals surface area contributed by atoms with E-state index in [1.807, 2.05) is 11.8 Å². The largest absolute Gasteiger partial charge is 0.467 e. The Hall–Kier alpha value is -1.65. The van der Waals surface area contributed by atoms with Gasteiger partial charge >= 0.3 is 6.01 Å². The molecule has 86 valence electrons. The van der Waals surface area contributed by atoms with Gasteiger partial charge in [-0.05, 0) is 25.8 Å². The summed E-state index contributed by atoms with van der Waals surface area (Å²) < 4.78 is 4.96. The number of nitrogens with zero attached hydrogens (tertiary/aromatic N) is 3. The maximum Gasteiger partial charge on any atom is 0.317 e. The topological polar surface area (TPSA) is 55.3 Å². The zero-order chi connectivity index (χ0) is 11.5. The monoisotopic (exact) mass is 221 g/mol. The summed E-state index contributed by atoms with van der Waals surface area (Å²) in [7, 11) is 1.50. The van der Waals surface area contributed by atoms with Crippen molar-refractivity contribution in [3.63, 3.8) is 0 Å². The Bertz CT molecular complexity index is 400. The number of hydrogen-bond acceptors (Lipinski definition) is 4. The van der Waals surface area contributed by atoms with Gasteiger partial charge in [0.2, 0.25) is 0 Å². The number of ether oxygens (including phenoxy) is 1. The summed E-state index contributed by atoms with van der Waals surface area (Å²) >= 11 is 0. The summed E-state index contributed by atoms with van der Waals surface area (Å²) in [5, 5.41) is 0. The SMILES string of the molecule is COc1nc(C)cc(C(=O)N2CCCC2)n1. The fourth-order valence-corrected chi connectivity index (χ4v) is 1.82. The molecule has 1 aromatic heterocycles. The number of methoxy groups -OCH3 is 1. The predicted octanol–water partition coefficient (Wildman–Crippen LogP) is 1.03. The second-order valence-corrected chi connectivity index (χ2v) is 3.88. The third-order valence-electron chi connectivity index (χ3n) is 2.63. The first-order valence-corrected chi connectivity index (χ1v) is 5.39. The molecule has 5 nitrogen and oxygen atoms in total. The summed E-state index contributed by atoms with van der Waals surface area (Å²) in [5.74, 6) is -0.0266. The molecule has 0 unspecified atom stereocenters. The van der Waals surface area contributed by atoms with E-state index in [2.05, 4.69) is 9.97 Å². The van der Waals surface area contributed by atoms with Gasteiger partial charge < -0.3 is 9.64 Å². The molecule has 2 rings (SSSR count). The van der Waals surface area contributed by atoms with E-state index in [4.69, 9.17) is 4.74 Å². The van der Waals surface area contributed by atoms with E-state index in [1.54, 1.807) is 6.07 Å². The average Bonchev–Trinajstić information content (AvgIpc) is 2.80. The van der Waals surface area contributed by atoms with E-state index in [1.165, 1.54) is 7.11 Å². The van der Waals surface area contributed by atoms with Gasteiger partial charge in [0.25, 0.3) is 5.91 Å². The molecule has 0 atom stereocenters. The molecule has 0 spiro atoms. The number of amides is 1. The highest BCUT2D eigenvalue weighted by Gasteiger charge is 2.21. The van der Waals surface area contributed by atoms with Gasteiger partial charge in [-0.15, -0.1) is 0 Å². The van der Waals surface area contributed by atoms with Crippen LogP contribution in [-0.4, -0.2) is 41.0 Å². The Kier molecular flexibility index (Phi) is 3.03.